The molecule has 0 atom stereocenters. The fraction of sp³-hybridized carbons (Fsp3) is 0.364. The molecule has 5 nitrogen and oxygen atoms in total. The Kier molecular flexibility index (Phi) is 7.55. The number of carbonyl (C=O) groups is 2. The van der Waals surface area contributed by atoms with Crippen LogP contribution in [0.2, 0.25) is 0 Å². The van der Waals surface area contributed by atoms with Crippen molar-refractivity contribution < 1.29 is 9.59 Å². The van der Waals surface area contributed by atoms with E-state index in [-0.39, 0.29) is 24.9 Å². The normalized spacial score (nSPS) is 10.7. The van der Waals surface area contributed by atoms with Gasteiger partial charge in [-0.25, -0.2) is 0 Å². The highest BCUT2D eigenvalue weighted by Crippen LogP contribution is 2.14. The van der Waals surface area contributed by atoms with Gasteiger partial charge in [0.2, 0.25) is 11.8 Å². The lowest BCUT2D eigenvalue weighted by Crippen LogP contribution is -2.39. The monoisotopic (exact) mass is 367 g/mol. The summed E-state index contributed by atoms with van der Waals surface area (Å²) in [5.41, 5.74) is 4.82. The second kappa shape index (κ2) is 9.88. The number of anilines is 2. The lowest BCUT2D eigenvalue weighted by atomic mass is 10.1. The van der Waals surface area contributed by atoms with Crippen LogP contribution in [0, 0.1) is 20.8 Å². The zero-order chi connectivity index (χ0) is 19.8. The molecule has 0 aromatic heterocycles. The van der Waals surface area contributed by atoms with Crippen molar-refractivity contribution in [2.45, 2.75) is 34.1 Å². The highest BCUT2D eigenvalue weighted by Gasteiger charge is 2.15. The van der Waals surface area contributed by atoms with Crippen LogP contribution in [0.3, 0.4) is 0 Å². The second-order valence-electron chi connectivity index (χ2n) is 7.00. The third kappa shape index (κ3) is 6.87. The number of nitrogens with zero attached hydrogens (tertiary/aromatic N) is 1. The van der Waals surface area contributed by atoms with E-state index < -0.39 is 0 Å². The highest BCUT2D eigenvalue weighted by atomic mass is 16.2. The molecular formula is C22H29N3O2. The van der Waals surface area contributed by atoms with Gasteiger partial charge in [-0.15, -0.1) is 0 Å². The van der Waals surface area contributed by atoms with Crippen molar-refractivity contribution >= 4 is 23.2 Å². The van der Waals surface area contributed by atoms with E-state index in [2.05, 4.69) is 16.7 Å². The molecule has 2 rings (SSSR count). The summed E-state index contributed by atoms with van der Waals surface area (Å²) in [6.45, 7) is 9.04. The maximum absolute atomic E-state index is 12.4. The molecule has 27 heavy (non-hydrogen) atoms. The fourth-order valence-corrected chi connectivity index (χ4v) is 3.09. The summed E-state index contributed by atoms with van der Waals surface area (Å²) >= 11 is 0. The summed E-state index contributed by atoms with van der Waals surface area (Å²) in [7, 11) is 0. The van der Waals surface area contributed by atoms with Crippen LogP contribution in [-0.2, 0) is 9.59 Å². The van der Waals surface area contributed by atoms with Crippen LogP contribution in [0.15, 0.2) is 42.5 Å². The van der Waals surface area contributed by atoms with Crippen molar-refractivity contribution in [3.05, 3.63) is 59.2 Å². The molecule has 0 heterocycles. The second-order valence-corrected chi connectivity index (χ2v) is 7.00. The summed E-state index contributed by atoms with van der Waals surface area (Å²) < 4.78 is 0. The lowest BCUT2D eigenvalue weighted by molar-refractivity contribution is -0.120. The summed E-state index contributed by atoms with van der Waals surface area (Å²) in [5, 5.41) is 5.86. The number of para-hydroxylation sites is 1. The van der Waals surface area contributed by atoms with Crippen LogP contribution >= 0.6 is 0 Å². The van der Waals surface area contributed by atoms with E-state index in [1.54, 1.807) is 0 Å². The Balaban J connectivity index is 1.94. The summed E-state index contributed by atoms with van der Waals surface area (Å²) in [6, 6.07) is 13.6. The van der Waals surface area contributed by atoms with Gasteiger partial charge in [-0.05, 0) is 68.6 Å². The summed E-state index contributed by atoms with van der Waals surface area (Å²) in [5.74, 6) is -0.228. The van der Waals surface area contributed by atoms with Gasteiger partial charge in [-0.1, -0.05) is 31.2 Å². The Bertz CT molecular complexity index is 782. The molecule has 0 radical (unpaired) electrons. The third-order valence-corrected chi connectivity index (χ3v) is 4.20. The van der Waals surface area contributed by atoms with Crippen molar-refractivity contribution in [3.8, 4) is 0 Å². The molecule has 0 aliphatic heterocycles. The fourth-order valence-electron chi connectivity index (χ4n) is 3.09. The van der Waals surface area contributed by atoms with Crippen LogP contribution in [0.1, 0.15) is 30.0 Å². The van der Waals surface area contributed by atoms with Crippen molar-refractivity contribution in [1.82, 2.24) is 4.90 Å². The number of amides is 2. The molecule has 0 aliphatic rings. The van der Waals surface area contributed by atoms with E-state index in [0.29, 0.717) is 6.54 Å². The van der Waals surface area contributed by atoms with Crippen LogP contribution < -0.4 is 10.6 Å². The predicted molar refractivity (Wildman–Crippen MR) is 111 cm³/mol. The van der Waals surface area contributed by atoms with Gasteiger partial charge in [0.05, 0.1) is 13.1 Å². The smallest absolute Gasteiger partial charge is 0.238 e. The van der Waals surface area contributed by atoms with Gasteiger partial charge in [-0.3, -0.25) is 14.5 Å². The third-order valence-electron chi connectivity index (χ3n) is 4.20. The van der Waals surface area contributed by atoms with Crippen molar-refractivity contribution in [2.24, 2.45) is 0 Å². The number of hydrogen-bond acceptors (Lipinski definition) is 3. The molecule has 2 aromatic carbocycles. The quantitative estimate of drug-likeness (QED) is 0.744. The molecule has 0 fully saturated rings. The van der Waals surface area contributed by atoms with E-state index in [1.165, 1.54) is 0 Å². The maximum Gasteiger partial charge on any atom is 0.238 e. The van der Waals surface area contributed by atoms with E-state index in [0.717, 1.165) is 34.5 Å². The van der Waals surface area contributed by atoms with E-state index in [1.807, 2.05) is 69.0 Å². The Hall–Kier alpha value is -2.66. The SMILES string of the molecule is CCCN(CC(=O)Nc1cc(C)cc(C)c1)CC(=O)Nc1ccccc1C. The predicted octanol–water partition coefficient (Wildman–Crippen LogP) is 3.90. The first-order valence-corrected chi connectivity index (χ1v) is 9.33. The van der Waals surface area contributed by atoms with Crippen LogP contribution in [0.5, 0.6) is 0 Å². The Morgan fingerprint density at radius 1 is 0.889 bits per heavy atom. The Labute approximate surface area is 161 Å². The van der Waals surface area contributed by atoms with Gasteiger partial charge in [0.1, 0.15) is 0 Å². The number of carbonyl (C=O) groups excluding carboxylic acids is 2. The number of benzene rings is 2. The molecular weight excluding hydrogens is 338 g/mol. The number of hydrogen-bond donors (Lipinski definition) is 2. The summed E-state index contributed by atoms with van der Waals surface area (Å²) in [4.78, 5) is 26.7. The van der Waals surface area contributed by atoms with Gasteiger partial charge in [0.25, 0.3) is 0 Å². The first-order chi connectivity index (χ1) is 12.9. The molecule has 144 valence electrons. The molecule has 0 spiro atoms. The Morgan fingerprint density at radius 3 is 2.07 bits per heavy atom. The molecule has 0 bridgehead atoms. The zero-order valence-corrected chi connectivity index (χ0v) is 16.6. The van der Waals surface area contributed by atoms with Gasteiger partial charge < -0.3 is 10.6 Å². The Morgan fingerprint density at radius 2 is 1.48 bits per heavy atom. The van der Waals surface area contributed by atoms with Crippen LogP contribution in [-0.4, -0.2) is 36.3 Å². The molecule has 2 N–H and O–H groups in total. The average molecular weight is 367 g/mol. The number of nitrogens with one attached hydrogen (secondary N) is 2. The van der Waals surface area contributed by atoms with E-state index in [4.69, 9.17) is 0 Å². The van der Waals surface area contributed by atoms with Gasteiger partial charge >= 0.3 is 0 Å². The number of aryl methyl sites for hydroxylation is 3. The lowest BCUT2D eigenvalue weighted by Gasteiger charge is -2.21. The molecule has 2 amide bonds. The van der Waals surface area contributed by atoms with Gasteiger partial charge in [0.15, 0.2) is 0 Å². The van der Waals surface area contributed by atoms with Gasteiger partial charge in [-0.2, -0.15) is 0 Å². The topological polar surface area (TPSA) is 61.4 Å². The maximum atomic E-state index is 12.4. The largest absolute Gasteiger partial charge is 0.325 e. The highest BCUT2D eigenvalue weighted by molar-refractivity contribution is 5.95. The summed E-state index contributed by atoms with van der Waals surface area (Å²) in [6.07, 6.45) is 0.870. The van der Waals surface area contributed by atoms with Gasteiger partial charge in [0, 0.05) is 11.4 Å². The van der Waals surface area contributed by atoms with Crippen LogP contribution in [0.4, 0.5) is 11.4 Å². The van der Waals surface area contributed by atoms with Crippen molar-refractivity contribution in [3.63, 3.8) is 0 Å². The van der Waals surface area contributed by atoms with E-state index in [9.17, 15) is 9.59 Å². The minimum atomic E-state index is -0.114. The molecule has 0 saturated heterocycles. The van der Waals surface area contributed by atoms with Crippen molar-refractivity contribution in [2.75, 3.05) is 30.3 Å². The van der Waals surface area contributed by atoms with E-state index >= 15 is 0 Å². The first-order valence-electron chi connectivity index (χ1n) is 9.33. The molecule has 0 aliphatic carbocycles. The first kappa shape index (κ1) is 20.6. The average Bonchev–Trinajstić information content (AvgIpc) is 2.56. The van der Waals surface area contributed by atoms with Crippen molar-refractivity contribution in [1.29, 1.82) is 0 Å². The molecule has 2 aromatic rings. The minimum Gasteiger partial charge on any atom is -0.325 e. The number of rotatable bonds is 8. The zero-order valence-electron chi connectivity index (χ0n) is 16.6. The molecule has 0 saturated carbocycles. The minimum absolute atomic E-state index is 0.114. The standard InChI is InChI=1S/C22H29N3O2/c1-5-10-25(15-22(27)24-20-9-7-6-8-18(20)4)14-21(26)23-19-12-16(2)11-17(3)13-19/h6-9,11-13H,5,10,14-15H2,1-4H3,(H,23,26)(H,24,27). The molecule has 0 unspecified atom stereocenters. The molecule has 5 heteroatoms. The van der Waals surface area contributed by atoms with Crippen LogP contribution in [0.25, 0.3) is 0 Å².